The van der Waals surface area contributed by atoms with Crippen LogP contribution in [0.5, 0.6) is 5.88 Å². The Morgan fingerprint density at radius 3 is 2.57 bits per heavy atom. The molecule has 5 nitrogen and oxygen atoms in total. The summed E-state index contributed by atoms with van der Waals surface area (Å²) in [6.07, 6.45) is 0. The summed E-state index contributed by atoms with van der Waals surface area (Å²) in [4.78, 5) is 14.9. The summed E-state index contributed by atoms with van der Waals surface area (Å²) < 4.78 is 0. The summed E-state index contributed by atoms with van der Waals surface area (Å²) in [5.74, 6) is -0.610. The Labute approximate surface area is 137 Å². The van der Waals surface area contributed by atoms with Crippen LogP contribution < -0.4 is 0 Å². The van der Waals surface area contributed by atoms with Gasteiger partial charge in [-0.3, -0.25) is 4.79 Å². The van der Waals surface area contributed by atoms with Gasteiger partial charge in [-0.05, 0) is 49.7 Å². The van der Waals surface area contributed by atoms with Gasteiger partial charge in [0.2, 0.25) is 5.88 Å². The number of rotatable bonds is 2. The molecule has 2 aromatic carbocycles. The Bertz CT molecular complexity index is 927. The predicted molar refractivity (Wildman–Crippen MR) is 89.7 cm³/mol. The number of nitrogens with zero attached hydrogens (tertiary/aromatic N) is 2. The zero-order chi connectivity index (χ0) is 16.6. The molecular formula is C17H14ClN3O2. The van der Waals surface area contributed by atoms with Crippen molar-refractivity contribution >= 4 is 34.1 Å². The van der Waals surface area contributed by atoms with Crippen molar-refractivity contribution in [1.82, 2.24) is 4.98 Å². The van der Waals surface area contributed by atoms with Crippen LogP contribution in [0.2, 0.25) is 5.02 Å². The molecule has 0 unspecified atom stereocenters. The summed E-state index contributed by atoms with van der Waals surface area (Å²) in [5.41, 5.74) is 3.44. The fourth-order valence-corrected chi connectivity index (χ4v) is 2.60. The van der Waals surface area contributed by atoms with Gasteiger partial charge in [-0.15, -0.1) is 10.2 Å². The van der Waals surface area contributed by atoms with E-state index in [4.69, 9.17) is 11.6 Å². The summed E-state index contributed by atoms with van der Waals surface area (Å²) >= 11 is 5.79. The molecule has 116 valence electrons. The van der Waals surface area contributed by atoms with Gasteiger partial charge in [0.05, 0.1) is 5.52 Å². The smallest absolute Gasteiger partial charge is 0.295 e. The van der Waals surface area contributed by atoms with Gasteiger partial charge in [0, 0.05) is 16.0 Å². The normalized spacial score (nSPS) is 11.4. The third-order valence-electron chi connectivity index (χ3n) is 3.53. The number of aromatic nitrogens is 1. The Kier molecular flexibility index (Phi) is 3.88. The Balaban J connectivity index is 1.99. The number of carbonyl (C=O) groups is 1. The van der Waals surface area contributed by atoms with Crippen molar-refractivity contribution in [3.8, 4) is 5.88 Å². The van der Waals surface area contributed by atoms with Gasteiger partial charge in [0.15, 0.2) is 5.69 Å². The number of hydrogen-bond donors (Lipinski definition) is 2. The molecule has 23 heavy (non-hydrogen) atoms. The average Bonchev–Trinajstić information content (AvgIpc) is 2.82. The molecule has 6 heteroatoms. The number of nitrogens with one attached hydrogen (secondary N) is 1. The third kappa shape index (κ3) is 2.96. The number of fused-ring (bicyclic) bond motifs is 1. The minimum atomic E-state index is -0.500. The lowest BCUT2D eigenvalue weighted by Crippen LogP contribution is -1.92. The van der Waals surface area contributed by atoms with Crippen LogP contribution in [-0.2, 0) is 0 Å². The summed E-state index contributed by atoms with van der Waals surface area (Å²) in [6, 6.07) is 10.3. The molecule has 0 spiro atoms. The first-order valence-electron chi connectivity index (χ1n) is 6.99. The molecule has 0 radical (unpaired) electrons. The molecular weight excluding hydrogens is 314 g/mol. The third-order valence-corrected chi connectivity index (χ3v) is 3.79. The van der Waals surface area contributed by atoms with Gasteiger partial charge in [-0.2, -0.15) is 0 Å². The highest BCUT2D eigenvalue weighted by Crippen LogP contribution is 2.37. The summed E-state index contributed by atoms with van der Waals surface area (Å²) in [7, 11) is 0. The van der Waals surface area contributed by atoms with Crippen molar-refractivity contribution in [2.45, 2.75) is 13.8 Å². The van der Waals surface area contributed by atoms with Crippen LogP contribution in [0.3, 0.4) is 0 Å². The second-order valence-corrected chi connectivity index (χ2v) is 5.78. The number of H-pyrrole nitrogens is 1. The number of aromatic amines is 1. The maximum absolute atomic E-state index is 12.0. The van der Waals surface area contributed by atoms with Crippen LogP contribution >= 0.6 is 11.6 Å². The highest BCUT2D eigenvalue weighted by atomic mass is 35.5. The van der Waals surface area contributed by atoms with Crippen molar-refractivity contribution in [1.29, 1.82) is 0 Å². The Hall–Kier alpha value is -2.66. The van der Waals surface area contributed by atoms with Gasteiger partial charge in [-0.25, -0.2) is 0 Å². The minimum Gasteiger partial charge on any atom is -0.493 e. The molecule has 0 bridgehead atoms. The van der Waals surface area contributed by atoms with Crippen LogP contribution in [0.1, 0.15) is 21.5 Å². The molecule has 0 atom stereocenters. The minimum absolute atomic E-state index is 0.110. The highest BCUT2D eigenvalue weighted by Gasteiger charge is 2.13. The van der Waals surface area contributed by atoms with E-state index >= 15 is 0 Å². The molecule has 2 N–H and O–H groups in total. The monoisotopic (exact) mass is 327 g/mol. The first-order chi connectivity index (χ1) is 11.0. The summed E-state index contributed by atoms with van der Waals surface area (Å²) in [6.45, 7) is 3.89. The highest BCUT2D eigenvalue weighted by molar-refractivity contribution is 6.30. The molecule has 0 aliphatic carbocycles. The van der Waals surface area contributed by atoms with Crippen LogP contribution in [0.15, 0.2) is 46.6 Å². The molecule has 1 aromatic heterocycles. The largest absolute Gasteiger partial charge is 0.493 e. The predicted octanol–water partition coefficient (Wildman–Crippen LogP) is 5.07. The summed E-state index contributed by atoms with van der Waals surface area (Å²) in [5, 5.41) is 18.9. The number of amides is 1. The molecule has 0 aliphatic heterocycles. The fraction of sp³-hybridized carbons (Fsp3) is 0.118. The Morgan fingerprint density at radius 1 is 1.17 bits per heavy atom. The standard InChI is InChI=1S/C17H14ClN3O2/c1-9-7-10(2)14-13(8-9)15(17(23)19-14)20-21-16(22)11-3-5-12(18)6-4-11/h3-8,19,23H,1-2H3. The lowest BCUT2D eigenvalue weighted by molar-refractivity contribution is 0.0995. The first kappa shape index (κ1) is 15.2. The van der Waals surface area contributed by atoms with Crippen LogP contribution in [0.25, 0.3) is 10.9 Å². The zero-order valence-electron chi connectivity index (χ0n) is 12.6. The second kappa shape index (κ2) is 5.85. The lowest BCUT2D eigenvalue weighted by Gasteiger charge is -1.99. The van der Waals surface area contributed by atoms with E-state index in [1.54, 1.807) is 24.3 Å². The number of carbonyl (C=O) groups excluding carboxylic acids is 1. The SMILES string of the molecule is Cc1cc(C)c2[nH]c(O)c(N=NC(=O)c3ccc(Cl)cc3)c2c1. The first-order valence-corrected chi connectivity index (χ1v) is 7.37. The van der Waals surface area contributed by atoms with E-state index in [0.29, 0.717) is 10.6 Å². The molecule has 0 saturated carbocycles. The van der Waals surface area contributed by atoms with Crippen LogP contribution in [0.4, 0.5) is 5.69 Å². The van der Waals surface area contributed by atoms with Crippen LogP contribution in [-0.4, -0.2) is 16.0 Å². The van der Waals surface area contributed by atoms with E-state index in [-0.39, 0.29) is 11.6 Å². The topological polar surface area (TPSA) is 77.8 Å². The second-order valence-electron chi connectivity index (χ2n) is 5.34. The average molecular weight is 328 g/mol. The zero-order valence-corrected chi connectivity index (χ0v) is 13.3. The van der Waals surface area contributed by atoms with Crippen molar-refractivity contribution in [2.75, 3.05) is 0 Å². The number of hydrogen-bond acceptors (Lipinski definition) is 3. The molecule has 3 rings (SSSR count). The van der Waals surface area contributed by atoms with Crippen molar-refractivity contribution in [3.63, 3.8) is 0 Å². The number of azo groups is 1. The van der Waals surface area contributed by atoms with Gasteiger partial charge in [0.1, 0.15) is 0 Å². The van der Waals surface area contributed by atoms with Gasteiger partial charge in [0.25, 0.3) is 5.91 Å². The van der Waals surface area contributed by atoms with Crippen LogP contribution in [0, 0.1) is 13.8 Å². The molecule has 3 aromatic rings. The van der Waals surface area contributed by atoms with Gasteiger partial charge >= 0.3 is 0 Å². The molecule has 1 heterocycles. The van der Waals surface area contributed by atoms with E-state index in [9.17, 15) is 9.90 Å². The van der Waals surface area contributed by atoms with Gasteiger partial charge < -0.3 is 10.1 Å². The van der Waals surface area contributed by atoms with E-state index < -0.39 is 5.91 Å². The van der Waals surface area contributed by atoms with Gasteiger partial charge in [-0.1, -0.05) is 23.2 Å². The molecule has 0 aliphatic rings. The Morgan fingerprint density at radius 2 is 1.87 bits per heavy atom. The quantitative estimate of drug-likeness (QED) is 0.645. The van der Waals surface area contributed by atoms with Crippen molar-refractivity contribution < 1.29 is 9.90 Å². The van der Waals surface area contributed by atoms with E-state index in [2.05, 4.69) is 15.2 Å². The van der Waals surface area contributed by atoms with E-state index in [1.165, 1.54) is 0 Å². The van der Waals surface area contributed by atoms with E-state index in [0.717, 1.165) is 22.0 Å². The molecule has 0 fully saturated rings. The maximum atomic E-state index is 12.0. The number of halogens is 1. The van der Waals surface area contributed by atoms with E-state index in [1.807, 2.05) is 26.0 Å². The van der Waals surface area contributed by atoms with Crippen molar-refractivity contribution in [3.05, 3.63) is 58.1 Å². The maximum Gasteiger partial charge on any atom is 0.295 e. The molecule has 1 amide bonds. The fourth-order valence-electron chi connectivity index (χ4n) is 2.47. The molecule has 0 saturated heterocycles. The number of benzene rings is 2. The number of aryl methyl sites for hydroxylation is 2. The lowest BCUT2D eigenvalue weighted by atomic mass is 10.1. The van der Waals surface area contributed by atoms with Crippen molar-refractivity contribution in [2.24, 2.45) is 10.2 Å². The number of aromatic hydroxyl groups is 1.